The molecule has 0 saturated carbocycles. The highest BCUT2D eigenvalue weighted by Gasteiger charge is 2.31. The summed E-state index contributed by atoms with van der Waals surface area (Å²) < 4.78 is 0. The lowest BCUT2D eigenvalue weighted by molar-refractivity contribution is -0.138. The Kier molecular flexibility index (Phi) is 3.22. The first-order valence-corrected chi connectivity index (χ1v) is 5.87. The van der Waals surface area contributed by atoms with Gasteiger partial charge in [0, 0.05) is 20.6 Å². The molecule has 17 heavy (non-hydrogen) atoms. The van der Waals surface area contributed by atoms with Crippen LogP contribution in [0.1, 0.15) is 12.8 Å². The molecule has 0 spiro atoms. The van der Waals surface area contributed by atoms with E-state index in [4.69, 9.17) is 0 Å². The number of nitrogens with zero attached hydrogens (tertiary/aromatic N) is 2. The predicted molar refractivity (Wildman–Crippen MR) is 68.8 cm³/mol. The second-order valence-electron chi connectivity index (χ2n) is 4.57. The summed E-state index contributed by atoms with van der Waals surface area (Å²) in [5.74, 6) is -0.726. The van der Waals surface area contributed by atoms with Crippen LogP contribution in [0.25, 0.3) is 0 Å². The number of rotatable bonds is 3. The Bertz CT molecular complexity index is 418. The van der Waals surface area contributed by atoms with E-state index in [-0.39, 0.29) is 6.04 Å². The molecule has 1 aliphatic heterocycles. The number of hydrogen-bond acceptors (Lipinski definition) is 3. The number of hydrogen-bond donors (Lipinski definition) is 1. The first-order chi connectivity index (χ1) is 8.11. The number of anilines is 2. The summed E-state index contributed by atoms with van der Waals surface area (Å²) >= 11 is 0. The minimum Gasteiger partial charge on any atom is -0.480 e. The van der Waals surface area contributed by atoms with Crippen molar-refractivity contribution in [3.63, 3.8) is 0 Å². The van der Waals surface area contributed by atoms with Crippen molar-refractivity contribution >= 4 is 17.3 Å². The van der Waals surface area contributed by atoms with Crippen LogP contribution in [0.15, 0.2) is 24.3 Å². The quantitative estimate of drug-likeness (QED) is 0.866. The van der Waals surface area contributed by atoms with Gasteiger partial charge in [-0.3, -0.25) is 0 Å². The fraction of sp³-hybridized carbons (Fsp3) is 0.462. The Balaban J connectivity index is 2.36. The van der Waals surface area contributed by atoms with Crippen LogP contribution in [0.3, 0.4) is 0 Å². The normalized spacial score (nSPS) is 19.4. The van der Waals surface area contributed by atoms with E-state index < -0.39 is 5.97 Å². The average molecular weight is 234 g/mol. The summed E-state index contributed by atoms with van der Waals surface area (Å²) in [6.45, 7) is 0.821. The topological polar surface area (TPSA) is 43.8 Å². The number of aliphatic carboxylic acids is 1. The molecule has 2 rings (SSSR count). The van der Waals surface area contributed by atoms with E-state index >= 15 is 0 Å². The molecule has 1 saturated heterocycles. The summed E-state index contributed by atoms with van der Waals surface area (Å²) in [4.78, 5) is 15.2. The van der Waals surface area contributed by atoms with Crippen molar-refractivity contribution in [2.24, 2.45) is 0 Å². The van der Waals surface area contributed by atoms with E-state index in [0.717, 1.165) is 30.8 Å². The fourth-order valence-corrected chi connectivity index (χ4v) is 2.40. The third kappa shape index (κ3) is 2.20. The zero-order valence-electron chi connectivity index (χ0n) is 10.3. The fourth-order valence-electron chi connectivity index (χ4n) is 2.40. The summed E-state index contributed by atoms with van der Waals surface area (Å²) in [5, 5.41) is 9.22. The zero-order chi connectivity index (χ0) is 12.4. The molecule has 0 aliphatic carbocycles. The van der Waals surface area contributed by atoms with Crippen molar-refractivity contribution in [1.29, 1.82) is 0 Å². The van der Waals surface area contributed by atoms with Crippen LogP contribution < -0.4 is 9.80 Å². The molecule has 1 fully saturated rings. The lowest BCUT2D eigenvalue weighted by Crippen LogP contribution is -2.36. The van der Waals surface area contributed by atoms with Gasteiger partial charge in [-0.2, -0.15) is 0 Å². The van der Waals surface area contributed by atoms with Gasteiger partial charge in [0.1, 0.15) is 6.04 Å². The number of para-hydroxylation sites is 2. The van der Waals surface area contributed by atoms with Gasteiger partial charge in [0.2, 0.25) is 0 Å². The predicted octanol–water partition coefficient (Wildman–Crippen LogP) is 1.81. The second kappa shape index (κ2) is 4.65. The van der Waals surface area contributed by atoms with Crippen molar-refractivity contribution in [2.75, 3.05) is 30.4 Å². The van der Waals surface area contributed by atoms with Crippen LogP contribution in [0.4, 0.5) is 11.4 Å². The van der Waals surface area contributed by atoms with Crippen molar-refractivity contribution < 1.29 is 9.90 Å². The van der Waals surface area contributed by atoms with Crippen LogP contribution in [0.2, 0.25) is 0 Å². The average Bonchev–Trinajstić information content (AvgIpc) is 2.77. The van der Waals surface area contributed by atoms with Gasteiger partial charge in [0.15, 0.2) is 0 Å². The van der Waals surface area contributed by atoms with Gasteiger partial charge in [0.25, 0.3) is 0 Å². The molecular weight excluding hydrogens is 216 g/mol. The highest BCUT2D eigenvalue weighted by molar-refractivity contribution is 5.82. The summed E-state index contributed by atoms with van der Waals surface area (Å²) in [5.41, 5.74) is 2.09. The standard InChI is InChI=1S/C13H18N2O2/c1-14(2)10-6-3-4-7-11(10)15-9-5-8-12(15)13(16)17/h3-4,6-7,12H,5,8-9H2,1-2H3,(H,16,17). The highest BCUT2D eigenvalue weighted by atomic mass is 16.4. The summed E-state index contributed by atoms with van der Waals surface area (Å²) in [7, 11) is 3.95. The van der Waals surface area contributed by atoms with Crippen LogP contribution in [-0.2, 0) is 4.79 Å². The molecule has 1 aromatic carbocycles. The maximum atomic E-state index is 11.2. The number of carboxylic acids is 1. The van der Waals surface area contributed by atoms with E-state index in [0.29, 0.717) is 0 Å². The lowest BCUT2D eigenvalue weighted by atomic mass is 10.2. The number of carbonyl (C=O) groups is 1. The van der Waals surface area contributed by atoms with Crippen LogP contribution in [0, 0.1) is 0 Å². The molecule has 1 N–H and O–H groups in total. The lowest BCUT2D eigenvalue weighted by Gasteiger charge is -2.28. The Labute approximate surface area is 101 Å². The first-order valence-electron chi connectivity index (χ1n) is 5.87. The molecule has 1 unspecified atom stereocenters. The Morgan fingerprint density at radius 2 is 2.12 bits per heavy atom. The maximum Gasteiger partial charge on any atom is 0.326 e. The van der Waals surface area contributed by atoms with Crippen LogP contribution >= 0.6 is 0 Å². The largest absolute Gasteiger partial charge is 0.480 e. The smallest absolute Gasteiger partial charge is 0.326 e. The van der Waals surface area contributed by atoms with Crippen molar-refractivity contribution in [2.45, 2.75) is 18.9 Å². The molecule has 92 valence electrons. The molecule has 0 bridgehead atoms. The molecular formula is C13H18N2O2. The molecule has 1 atom stereocenters. The molecule has 0 radical (unpaired) electrons. The molecule has 4 nitrogen and oxygen atoms in total. The van der Waals surface area contributed by atoms with Crippen molar-refractivity contribution in [1.82, 2.24) is 0 Å². The molecule has 1 heterocycles. The minimum atomic E-state index is -0.726. The van der Waals surface area contributed by atoms with Gasteiger partial charge in [-0.05, 0) is 25.0 Å². The van der Waals surface area contributed by atoms with Gasteiger partial charge in [-0.15, -0.1) is 0 Å². The molecule has 1 aliphatic rings. The summed E-state index contributed by atoms with van der Waals surface area (Å²) in [6, 6.07) is 7.57. The SMILES string of the molecule is CN(C)c1ccccc1N1CCCC1C(=O)O. The third-order valence-electron chi connectivity index (χ3n) is 3.21. The molecule has 0 aromatic heterocycles. The van der Waals surface area contributed by atoms with Gasteiger partial charge in [0.05, 0.1) is 11.4 Å². The summed E-state index contributed by atoms with van der Waals surface area (Å²) in [6.07, 6.45) is 1.68. The Morgan fingerprint density at radius 3 is 2.76 bits per heavy atom. The highest BCUT2D eigenvalue weighted by Crippen LogP contribution is 2.33. The van der Waals surface area contributed by atoms with E-state index in [1.54, 1.807) is 0 Å². The Hall–Kier alpha value is -1.71. The van der Waals surface area contributed by atoms with Gasteiger partial charge in [-0.25, -0.2) is 4.79 Å². The maximum absolute atomic E-state index is 11.2. The van der Waals surface area contributed by atoms with Gasteiger partial charge < -0.3 is 14.9 Å². The van der Waals surface area contributed by atoms with Crippen LogP contribution in [0.5, 0.6) is 0 Å². The van der Waals surface area contributed by atoms with E-state index in [9.17, 15) is 9.90 Å². The van der Waals surface area contributed by atoms with Gasteiger partial charge >= 0.3 is 5.97 Å². The third-order valence-corrected chi connectivity index (χ3v) is 3.21. The second-order valence-corrected chi connectivity index (χ2v) is 4.57. The van der Waals surface area contributed by atoms with Crippen molar-refractivity contribution in [3.05, 3.63) is 24.3 Å². The van der Waals surface area contributed by atoms with Gasteiger partial charge in [-0.1, -0.05) is 12.1 Å². The van der Waals surface area contributed by atoms with E-state index in [2.05, 4.69) is 0 Å². The van der Waals surface area contributed by atoms with E-state index in [1.165, 1.54) is 0 Å². The minimum absolute atomic E-state index is 0.379. The Morgan fingerprint density at radius 1 is 1.41 bits per heavy atom. The number of benzene rings is 1. The molecule has 1 aromatic rings. The number of carboxylic acid groups (broad SMARTS) is 1. The van der Waals surface area contributed by atoms with Crippen LogP contribution in [-0.4, -0.2) is 37.8 Å². The monoisotopic (exact) mass is 234 g/mol. The first kappa shape index (κ1) is 11.8. The van der Waals surface area contributed by atoms with E-state index in [1.807, 2.05) is 48.2 Å². The zero-order valence-corrected chi connectivity index (χ0v) is 10.3. The van der Waals surface area contributed by atoms with Crippen molar-refractivity contribution in [3.8, 4) is 0 Å². The molecule has 0 amide bonds. The molecule has 4 heteroatoms.